The molecule has 1 heterocycles. The molecule has 6 nitrogen and oxygen atoms in total. The zero-order valence-electron chi connectivity index (χ0n) is 13.8. The van der Waals surface area contributed by atoms with Gasteiger partial charge >= 0.3 is 12.1 Å². The van der Waals surface area contributed by atoms with Crippen LogP contribution in [0.5, 0.6) is 0 Å². The van der Waals surface area contributed by atoms with Gasteiger partial charge in [0.1, 0.15) is 6.61 Å². The number of carbonyl (C=O) groups excluding carboxylic acids is 2. The molecule has 0 unspecified atom stereocenters. The van der Waals surface area contributed by atoms with E-state index in [1.807, 2.05) is 30.3 Å². The maximum absolute atomic E-state index is 12.2. The number of aliphatic hydroxyl groups excluding tert-OH is 1. The van der Waals surface area contributed by atoms with Crippen LogP contribution < -0.4 is 0 Å². The molecular weight excluding hydrogens is 310 g/mol. The van der Waals surface area contributed by atoms with Gasteiger partial charge in [0.2, 0.25) is 0 Å². The van der Waals surface area contributed by atoms with Crippen LogP contribution in [0.25, 0.3) is 0 Å². The first-order valence-electron chi connectivity index (χ1n) is 8.38. The molecule has 0 spiro atoms. The molecule has 2 atom stereocenters. The summed E-state index contributed by atoms with van der Waals surface area (Å²) >= 11 is 0. The van der Waals surface area contributed by atoms with E-state index < -0.39 is 17.6 Å². The Balaban J connectivity index is 1.57. The maximum atomic E-state index is 12.2. The number of hydrogen-bond acceptors (Lipinski definition) is 5. The molecule has 0 radical (unpaired) electrons. The molecule has 1 saturated carbocycles. The molecule has 1 amide bonds. The van der Waals surface area contributed by atoms with Gasteiger partial charge in [0, 0.05) is 12.5 Å². The Hall–Kier alpha value is -2.08. The molecule has 1 aliphatic heterocycles. The first-order chi connectivity index (χ1) is 11.6. The van der Waals surface area contributed by atoms with Crippen molar-refractivity contribution in [3.8, 4) is 0 Å². The summed E-state index contributed by atoms with van der Waals surface area (Å²) in [5.74, 6) is -0.533. The zero-order valence-corrected chi connectivity index (χ0v) is 13.8. The second kappa shape index (κ2) is 6.81. The molecule has 24 heavy (non-hydrogen) atoms. The Labute approximate surface area is 141 Å². The Bertz CT molecular complexity index is 599. The molecule has 0 bridgehead atoms. The molecule has 0 aromatic heterocycles. The highest BCUT2D eigenvalue weighted by atomic mass is 16.6. The highest BCUT2D eigenvalue weighted by molar-refractivity contribution is 5.81. The van der Waals surface area contributed by atoms with Crippen molar-refractivity contribution in [2.24, 2.45) is 11.3 Å². The summed E-state index contributed by atoms with van der Waals surface area (Å²) in [5.41, 5.74) is 0.288. The molecule has 2 aliphatic rings. The molecular formula is C18H23NO5. The summed E-state index contributed by atoms with van der Waals surface area (Å²) in [7, 11) is 0. The van der Waals surface area contributed by atoms with Crippen molar-refractivity contribution in [1.29, 1.82) is 0 Å². The van der Waals surface area contributed by atoms with Crippen LogP contribution in [0, 0.1) is 11.3 Å². The van der Waals surface area contributed by atoms with Crippen LogP contribution in [0.3, 0.4) is 0 Å². The van der Waals surface area contributed by atoms with E-state index in [0.717, 1.165) is 5.56 Å². The summed E-state index contributed by atoms with van der Waals surface area (Å²) in [6.45, 7) is 2.81. The van der Waals surface area contributed by atoms with E-state index in [1.54, 1.807) is 6.92 Å². The lowest BCUT2D eigenvalue weighted by Crippen LogP contribution is -2.35. The number of amides is 1. The minimum Gasteiger partial charge on any atom is -0.466 e. The predicted octanol–water partition coefficient (Wildman–Crippen LogP) is 1.96. The maximum Gasteiger partial charge on any atom is 0.410 e. The highest BCUT2D eigenvalue weighted by Gasteiger charge is 2.61. The molecule has 1 aromatic rings. The number of benzene rings is 1. The zero-order chi connectivity index (χ0) is 17.2. The van der Waals surface area contributed by atoms with E-state index >= 15 is 0 Å². The van der Waals surface area contributed by atoms with Crippen molar-refractivity contribution < 1.29 is 24.2 Å². The van der Waals surface area contributed by atoms with Gasteiger partial charge in [0.15, 0.2) is 0 Å². The largest absolute Gasteiger partial charge is 0.466 e. The summed E-state index contributed by atoms with van der Waals surface area (Å²) < 4.78 is 10.5. The Morgan fingerprint density at radius 1 is 1.21 bits per heavy atom. The van der Waals surface area contributed by atoms with Gasteiger partial charge < -0.3 is 19.5 Å². The monoisotopic (exact) mass is 333 g/mol. The van der Waals surface area contributed by atoms with Gasteiger partial charge in [-0.3, -0.25) is 4.79 Å². The average Bonchev–Trinajstić information content (AvgIpc) is 3.30. The predicted molar refractivity (Wildman–Crippen MR) is 86.0 cm³/mol. The standard InChI is InChI=1S/C18H23NO5/c1-2-23-16(21)18(8-9-18)14-10-19(11-15(14)20)17(22)24-12-13-6-4-3-5-7-13/h3-7,14-15,20H,2,8-12H2,1H3/t14-,15-/m0/s1. The van der Waals surface area contributed by atoms with Crippen molar-refractivity contribution in [2.75, 3.05) is 19.7 Å². The van der Waals surface area contributed by atoms with E-state index in [9.17, 15) is 14.7 Å². The fraction of sp³-hybridized carbons (Fsp3) is 0.556. The molecule has 2 fully saturated rings. The first kappa shape index (κ1) is 16.8. The van der Waals surface area contributed by atoms with Crippen molar-refractivity contribution >= 4 is 12.1 Å². The molecule has 130 valence electrons. The molecule has 1 N–H and O–H groups in total. The van der Waals surface area contributed by atoms with Gasteiger partial charge in [-0.2, -0.15) is 0 Å². The second-order valence-electron chi connectivity index (χ2n) is 6.50. The number of hydrogen-bond donors (Lipinski definition) is 1. The third-order valence-corrected chi connectivity index (χ3v) is 4.93. The first-order valence-corrected chi connectivity index (χ1v) is 8.38. The average molecular weight is 333 g/mol. The fourth-order valence-corrected chi connectivity index (χ4v) is 3.43. The van der Waals surface area contributed by atoms with Crippen LogP contribution >= 0.6 is 0 Å². The number of aliphatic hydroxyl groups is 1. The van der Waals surface area contributed by atoms with Gasteiger partial charge in [-0.25, -0.2) is 4.79 Å². The van der Waals surface area contributed by atoms with E-state index in [0.29, 0.717) is 26.0 Å². The third kappa shape index (κ3) is 3.24. The lowest BCUT2D eigenvalue weighted by atomic mass is 9.86. The summed E-state index contributed by atoms with van der Waals surface area (Å²) in [5, 5.41) is 10.3. The number of carbonyl (C=O) groups is 2. The lowest BCUT2D eigenvalue weighted by molar-refractivity contribution is -0.153. The van der Waals surface area contributed by atoms with E-state index in [2.05, 4.69) is 0 Å². The van der Waals surface area contributed by atoms with Crippen molar-refractivity contribution in [3.05, 3.63) is 35.9 Å². The minimum atomic E-state index is -0.721. The molecule has 6 heteroatoms. The van der Waals surface area contributed by atoms with Crippen LogP contribution in [0.15, 0.2) is 30.3 Å². The van der Waals surface area contributed by atoms with Crippen LogP contribution in [0.4, 0.5) is 4.79 Å². The van der Waals surface area contributed by atoms with E-state index in [4.69, 9.17) is 9.47 Å². The van der Waals surface area contributed by atoms with Gasteiger partial charge in [0.05, 0.1) is 24.7 Å². The Morgan fingerprint density at radius 2 is 1.92 bits per heavy atom. The number of rotatable bonds is 5. The smallest absolute Gasteiger partial charge is 0.410 e. The summed E-state index contributed by atoms with van der Waals surface area (Å²) in [6.07, 6.45) is 0.238. The topological polar surface area (TPSA) is 76.1 Å². The Kier molecular flexibility index (Phi) is 4.76. The third-order valence-electron chi connectivity index (χ3n) is 4.93. The van der Waals surface area contributed by atoms with Gasteiger partial charge in [-0.05, 0) is 25.3 Å². The number of nitrogens with zero attached hydrogens (tertiary/aromatic N) is 1. The number of β-amino-alcohol motifs (C(OH)–C–C–N with tert-alkyl or cyclic N) is 1. The normalized spacial score (nSPS) is 24.5. The van der Waals surface area contributed by atoms with E-state index in [-0.39, 0.29) is 25.0 Å². The van der Waals surface area contributed by atoms with E-state index in [1.165, 1.54) is 4.90 Å². The van der Waals surface area contributed by atoms with Crippen LogP contribution in [0.2, 0.25) is 0 Å². The highest BCUT2D eigenvalue weighted by Crippen LogP contribution is 2.55. The Morgan fingerprint density at radius 3 is 2.54 bits per heavy atom. The molecule has 1 aromatic carbocycles. The van der Waals surface area contributed by atoms with Crippen molar-refractivity contribution in [3.63, 3.8) is 0 Å². The number of esters is 1. The van der Waals surface area contributed by atoms with Gasteiger partial charge in [0.25, 0.3) is 0 Å². The lowest BCUT2D eigenvalue weighted by Gasteiger charge is -2.23. The molecule has 3 rings (SSSR count). The van der Waals surface area contributed by atoms with Crippen LogP contribution in [0.1, 0.15) is 25.3 Å². The van der Waals surface area contributed by atoms with Crippen LogP contribution in [-0.4, -0.2) is 47.9 Å². The SMILES string of the molecule is CCOC(=O)C1([C@H]2CN(C(=O)OCc3ccccc3)C[C@@H]2O)CC1. The second-order valence-corrected chi connectivity index (χ2v) is 6.50. The molecule has 1 saturated heterocycles. The minimum absolute atomic E-state index is 0.194. The fourth-order valence-electron chi connectivity index (χ4n) is 3.43. The summed E-state index contributed by atoms with van der Waals surface area (Å²) in [4.78, 5) is 25.9. The number of likely N-dealkylation sites (tertiary alicyclic amines) is 1. The van der Waals surface area contributed by atoms with Gasteiger partial charge in [-0.1, -0.05) is 30.3 Å². The van der Waals surface area contributed by atoms with Crippen molar-refractivity contribution in [2.45, 2.75) is 32.5 Å². The van der Waals surface area contributed by atoms with Gasteiger partial charge in [-0.15, -0.1) is 0 Å². The van der Waals surface area contributed by atoms with Crippen LogP contribution in [-0.2, 0) is 20.9 Å². The number of ether oxygens (including phenoxy) is 2. The quantitative estimate of drug-likeness (QED) is 0.834. The summed E-state index contributed by atoms with van der Waals surface area (Å²) in [6, 6.07) is 9.44. The van der Waals surface area contributed by atoms with Crippen molar-refractivity contribution in [1.82, 2.24) is 4.90 Å². The molecule has 1 aliphatic carbocycles.